The van der Waals surface area contributed by atoms with Gasteiger partial charge in [0.05, 0.1) is 10.5 Å². The van der Waals surface area contributed by atoms with E-state index < -0.39 is 22.9 Å². The number of ether oxygens (including phenoxy) is 1. The summed E-state index contributed by atoms with van der Waals surface area (Å²) in [6.07, 6.45) is -1.07. The van der Waals surface area contributed by atoms with Crippen molar-refractivity contribution >= 4 is 23.3 Å². The van der Waals surface area contributed by atoms with Crippen LogP contribution in [0.2, 0.25) is 0 Å². The van der Waals surface area contributed by atoms with E-state index in [-0.39, 0.29) is 16.9 Å². The summed E-state index contributed by atoms with van der Waals surface area (Å²) in [5, 5.41) is 13.4. The highest BCUT2D eigenvalue weighted by atomic mass is 16.6. The number of nitro groups is 1. The number of nitrogens with two attached hydrogens (primary N) is 1. The molecule has 25 heavy (non-hydrogen) atoms. The molecule has 0 unspecified atom stereocenters. The third-order valence-electron chi connectivity index (χ3n) is 3.43. The number of hydrogen-bond donors (Lipinski definition) is 2. The van der Waals surface area contributed by atoms with Crippen molar-refractivity contribution in [1.29, 1.82) is 0 Å². The first-order valence-corrected chi connectivity index (χ1v) is 7.45. The van der Waals surface area contributed by atoms with Crippen LogP contribution in [0.5, 0.6) is 0 Å². The molecule has 0 saturated heterocycles. The molecule has 2 rings (SSSR count). The fourth-order valence-corrected chi connectivity index (χ4v) is 2.04. The van der Waals surface area contributed by atoms with Gasteiger partial charge < -0.3 is 15.8 Å². The smallest absolute Gasteiger partial charge is 0.341 e. The molecule has 0 aliphatic heterocycles. The predicted octanol–water partition coefficient (Wildman–Crippen LogP) is 2.04. The quantitative estimate of drug-likeness (QED) is 0.358. The third-order valence-corrected chi connectivity index (χ3v) is 3.43. The van der Waals surface area contributed by atoms with Crippen LogP contribution in [0.4, 0.5) is 11.4 Å². The van der Waals surface area contributed by atoms with Gasteiger partial charge in [-0.05, 0) is 18.6 Å². The van der Waals surface area contributed by atoms with Crippen LogP contribution < -0.4 is 11.1 Å². The van der Waals surface area contributed by atoms with E-state index in [4.69, 9.17) is 10.5 Å². The molecule has 2 aromatic rings. The second-order valence-electron chi connectivity index (χ2n) is 5.28. The highest BCUT2D eigenvalue weighted by Crippen LogP contribution is 2.21. The van der Waals surface area contributed by atoms with Crippen LogP contribution >= 0.6 is 0 Å². The molecular weight excluding hydrogens is 326 g/mol. The Bertz CT molecular complexity index is 792. The molecule has 8 heteroatoms. The molecular formula is C17H17N3O5. The fourth-order valence-electron chi connectivity index (χ4n) is 2.04. The van der Waals surface area contributed by atoms with Crippen molar-refractivity contribution in [3.63, 3.8) is 0 Å². The van der Waals surface area contributed by atoms with E-state index in [2.05, 4.69) is 5.32 Å². The normalized spacial score (nSPS) is 11.4. The molecule has 8 nitrogen and oxygen atoms in total. The lowest BCUT2D eigenvalue weighted by Gasteiger charge is -2.14. The number of carbonyl (C=O) groups excluding carboxylic acids is 2. The number of anilines is 1. The first-order valence-electron chi connectivity index (χ1n) is 7.45. The standard InChI is InChI=1S/C17H17N3O5/c1-11(16(21)19-10-12-5-3-2-4-6-12)25-17(22)14-9-13(20(23)24)7-8-15(14)18/h2-9,11H,10,18H2,1H3,(H,19,21)/t11-/m1/s1. The monoisotopic (exact) mass is 343 g/mol. The number of carbonyl (C=O) groups is 2. The summed E-state index contributed by atoms with van der Waals surface area (Å²) in [6, 6.07) is 12.7. The van der Waals surface area contributed by atoms with Gasteiger partial charge in [-0.25, -0.2) is 4.79 Å². The molecule has 130 valence electrons. The number of nitrogens with one attached hydrogen (secondary N) is 1. The molecule has 1 atom stereocenters. The van der Waals surface area contributed by atoms with E-state index in [1.54, 1.807) is 0 Å². The first-order chi connectivity index (χ1) is 11.9. The lowest BCUT2D eigenvalue weighted by atomic mass is 10.1. The second-order valence-corrected chi connectivity index (χ2v) is 5.28. The van der Waals surface area contributed by atoms with Crippen LogP contribution in [-0.4, -0.2) is 22.9 Å². The molecule has 3 N–H and O–H groups in total. The number of esters is 1. The first kappa shape index (κ1) is 17.9. The van der Waals surface area contributed by atoms with Gasteiger partial charge in [0.25, 0.3) is 11.6 Å². The number of nitrogen functional groups attached to an aromatic ring is 1. The number of nitrogens with zero attached hydrogens (tertiary/aromatic N) is 1. The van der Waals surface area contributed by atoms with Gasteiger partial charge in [0.15, 0.2) is 6.10 Å². The molecule has 0 bridgehead atoms. The number of nitro benzene ring substituents is 1. The van der Waals surface area contributed by atoms with E-state index in [1.165, 1.54) is 19.1 Å². The van der Waals surface area contributed by atoms with Crippen LogP contribution in [0.25, 0.3) is 0 Å². The number of benzene rings is 2. The molecule has 0 aliphatic carbocycles. The zero-order valence-electron chi connectivity index (χ0n) is 13.5. The van der Waals surface area contributed by atoms with E-state index >= 15 is 0 Å². The molecule has 0 spiro atoms. The van der Waals surface area contributed by atoms with Crippen LogP contribution in [0.3, 0.4) is 0 Å². The highest BCUT2D eigenvalue weighted by Gasteiger charge is 2.22. The van der Waals surface area contributed by atoms with Crippen molar-refractivity contribution in [3.05, 3.63) is 69.8 Å². The highest BCUT2D eigenvalue weighted by molar-refractivity contribution is 5.97. The summed E-state index contributed by atoms with van der Waals surface area (Å²) in [7, 11) is 0. The molecule has 2 aromatic carbocycles. The Kier molecular flexibility index (Phi) is 5.67. The van der Waals surface area contributed by atoms with Gasteiger partial charge in [-0.3, -0.25) is 14.9 Å². The van der Waals surface area contributed by atoms with E-state index in [0.29, 0.717) is 6.54 Å². The van der Waals surface area contributed by atoms with Gasteiger partial charge in [0.1, 0.15) is 0 Å². The molecule has 0 aliphatic rings. The maximum Gasteiger partial charge on any atom is 0.341 e. The maximum atomic E-state index is 12.1. The molecule has 0 fully saturated rings. The van der Waals surface area contributed by atoms with Crippen LogP contribution in [-0.2, 0) is 16.1 Å². The van der Waals surface area contributed by atoms with E-state index in [9.17, 15) is 19.7 Å². The Morgan fingerprint density at radius 3 is 2.56 bits per heavy atom. The fraction of sp³-hybridized carbons (Fsp3) is 0.176. The van der Waals surface area contributed by atoms with Gasteiger partial charge in [-0.15, -0.1) is 0 Å². The summed E-state index contributed by atoms with van der Waals surface area (Å²) >= 11 is 0. The number of rotatable bonds is 6. The van der Waals surface area contributed by atoms with Gasteiger partial charge in [0.2, 0.25) is 0 Å². The van der Waals surface area contributed by atoms with Crippen molar-refractivity contribution < 1.29 is 19.2 Å². The molecule has 1 amide bonds. The largest absolute Gasteiger partial charge is 0.449 e. The minimum Gasteiger partial charge on any atom is -0.449 e. The van der Waals surface area contributed by atoms with Gasteiger partial charge in [-0.1, -0.05) is 30.3 Å². The van der Waals surface area contributed by atoms with Gasteiger partial charge in [-0.2, -0.15) is 0 Å². The number of hydrogen-bond acceptors (Lipinski definition) is 6. The number of non-ortho nitro benzene ring substituents is 1. The predicted molar refractivity (Wildman–Crippen MR) is 90.7 cm³/mol. The maximum absolute atomic E-state index is 12.1. The minimum absolute atomic E-state index is 0.0347. The van der Waals surface area contributed by atoms with Crippen LogP contribution in [0.15, 0.2) is 48.5 Å². The topological polar surface area (TPSA) is 125 Å². The Morgan fingerprint density at radius 2 is 1.92 bits per heavy atom. The van der Waals surface area contributed by atoms with Crippen LogP contribution in [0.1, 0.15) is 22.8 Å². The lowest BCUT2D eigenvalue weighted by molar-refractivity contribution is -0.384. The summed E-state index contributed by atoms with van der Waals surface area (Å²) in [4.78, 5) is 34.3. The summed E-state index contributed by atoms with van der Waals surface area (Å²) in [5.74, 6) is -1.38. The zero-order valence-corrected chi connectivity index (χ0v) is 13.5. The Morgan fingerprint density at radius 1 is 1.24 bits per heavy atom. The summed E-state index contributed by atoms with van der Waals surface area (Å²) < 4.78 is 5.05. The Labute approximate surface area is 143 Å². The van der Waals surface area contributed by atoms with Crippen molar-refractivity contribution in [3.8, 4) is 0 Å². The molecule has 0 radical (unpaired) electrons. The average Bonchev–Trinajstić information content (AvgIpc) is 2.60. The van der Waals surface area contributed by atoms with Gasteiger partial charge >= 0.3 is 5.97 Å². The van der Waals surface area contributed by atoms with Crippen molar-refractivity contribution in [1.82, 2.24) is 5.32 Å². The van der Waals surface area contributed by atoms with E-state index in [1.807, 2.05) is 30.3 Å². The zero-order chi connectivity index (χ0) is 18.4. The summed E-state index contributed by atoms with van der Waals surface area (Å²) in [6.45, 7) is 1.70. The average molecular weight is 343 g/mol. The minimum atomic E-state index is -1.07. The van der Waals surface area contributed by atoms with Crippen molar-refractivity contribution in [2.75, 3.05) is 5.73 Å². The van der Waals surface area contributed by atoms with Crippen LogP contribution in [0, 0.1) is 10.1 Å². The lowest BCUT2D eigenvalue weighted by Crippen LogP contribution is -2.35. The third kappa shape index (κ3) is 4.77. The summed E-state index contributed by atoms with van der Waals surface area (Å²) in [5.41, 5.74) is 6.14. The Balaban J connectivity index is 1.98. The second kappa shape index (κ2) is 7.91. The Hall–Kier alpha value is -3.42. The molecule has 0 heterocycles. The molecule has 0 saturated carbocycles. The SMILES string of the molecule is C[C@@H](OC(=O)c1cc([N+](=O)[O-])ccc1N)C(=O)NCc1ccccc1. The van der Waals surface area contributed by atoms with E-state index in [0.717, 1.165) is 11.6 Å². The number of amides is 1. The van der Waals surface area contributed by atoms with Crippen molar-refractivity contribution in [2.45, 2.75) is 19.6 Å². The van der Waals surface area contributed by atoms with Crippen molar-refractivity contribution in [2.24, 2.45) is 0 Å². The van der Waals surface area contributed by atoms with Gasteiger partial charge in [0, 0.05) is 24.4 Å². The molecule has 0 aromatic heterocycles.